The predicted molar refractivity (Wildman–Crippen MR) is 73.7 cm³/mol. The lowest BCUT2D eigenvalue weighted by Crippen LogP contribution is -2.56. The van der Waals surface area contributed by atoms with Gasteiger partial charge in [-0.2, -0.15) is 0 Å². The molecular weight excluding hydrogens is 240 g/mol. The molecule has 1 N–H and O–H groups in total. The van der Waals surface area contributed by atoms with E-state index in [4.69, 9.17) is 9.47 Å². The van der Waals surface area contributed by atoms with Gasteiger partial charge in [0.15, 0.2) is 0 Å². The first-order chi connectivity index (χ1) is 8.90. The molecule has 0 aliphatic heterocycles. The Balaban J connectivity index is 2.04. The number of rotatable bonds is 3. The molecule has 1 spiro atoms. The normalized spacial score (nSPS) is 56.4. The van der Waals surface area contributed by atoms with Gasteiger partial charge in [0.25, 0.3) is 0 Å². The van der Waals surface area contributed by atoms with Gasteiger partial charge < -0.3 is 14.6 Å². The Morgan fingerprint density at radius 3 is 2.68 bits per heavy atom. The maximum atomic E-state index is 10.5. The van der Waals surface area contributed by atoms with Crippen LogP contribution in [0.3, 0.4) is 0 Å². The van der Waals surface area contributed by atoms with E-state index in [2.05, 4.69) is 20.8 Å². The highest BCUT2D eigenvalue weighted by Crippen LogP contribution is 2.75. The third kappa shape index (κ3) is 1.55. The van der Waals surface area contributed by atoms with E-state index >= 15 is 0 Å². The van der Waals surface area contributed by atoms with Crippen LogP contribution in [0.1, 0.15) is 52.9 Å². The van der Waals surface area contributed by atoms with Gasteiger partial charge >= 0.3 is 0 Å². The molecule has 6 atom stereocenters. The summed E-state index contributed by atoms with van der Waals surface area (Å²) in [4.78, 5) is 0. The number of hydrogen-bond acceptors (Lipinski definition) is 3. The van der Waals surface area contributed by atoms with E-state index in [0.29, 0.717) is 18.1 Å². The molecule has 3 heteroatoms. The number of ether oxygens (including phenoxy) is 2. The Bertz CT molecular complexity index is 371. The topological polar surface area (TPSA) is 38.7 Å². The van der Waals surface area contributed by atoms with Crippen molar-refractivity contribution in [1.29, 1.82) is 0 Å². The van der Waals surface area contributed by atoms with Gasteiger partial charge in [-0.05, 0) is 42.4 Å². The second kappa shape index (κ2) is 4.19. The van der Waals surface area contributed by atoms with Crippen LogP contribution >= 0.6 is 0 Å². The second-order valence-electron chi connectivity index (χ2n) is 7.80. The van der Waals surface area contributed by atoms with Crippen LogP contribution in [-0.2, 0) is 9.47 Å². The van der Waals surface area contributed by atoms with Crippen LogP contribution in [0.2, 0.25) is 0 Å². The van der Waals surface area contributed by atoms with Gasteiger partial charge in [0.2, 0.25) is 0 Å². The highest BCUT2D eigenvalue weighted by molar-refractivity contribution is 5.22. The zero-order chi connectivity index (χ0) is 13.9. The van der Waals surface area contributed by atoms with Crippen LogP contribution in [-0.4, -0.2) is 31.2 Å². The maximum absolute atomic E-state index is 10.5. The lowest BCUT2D eigenvalue weighted by atomic mass is 9.56. The first kappa shape index (κ1) is 13.8. The number of aliphatic hydroxyl groups is 1. The van der Waals surface area contributed by atoms with Crippen LogP contribution < -0.4 is 0 Å². The minimum absolute atomic E-state index is 0.111. The Morgan fingerprint density at radius 1 is 1.26 bits per heavy atom. The Morgan fingerprint density at radius 2 is 2.00 bits per heavy atom. The van der Waals surface area contributed by atoms with Crippen LogP contribution in [0.5, 0.6) is 0 Å². The summed E-state index contributed by atoms with van der Waals surface area (Å²) >= 11 is 0. The minimum atomic E-state index is -0.174. The van der Waals surface area contributed by atoms with Crippen LogP contribution in [0.4, 0.5) is 0 Å². The van der Waals surface area contributed by atoms with Gasteiger partial charge in [0.05, 0.1) is 12.2 Å². The number of hydrogen-bond donors (Lipinski definition) is 1. The fourth-order valence-electron chi connectivity index (χ4n) is 6.29. The largest absolute Gasteiger partial charge is 0.393 e. The van der Waals surface area contributed by atoms with Crippen LogP contribution in [0.15, 0.2) is 0 Å². The zero-order valence-electron chi connectivity index (χ0n) is 12.7. The van der Waals surface area contributed by atoms with Crippen LogP contribution in [0.25, 0.3) is 0 Å². The molecule has 0 aromatic rings. The molecule has 3 aliphatic carbocycles. The van der Waals surface area contributed by atoms with Gasteiger partial charge in [-0.25, -0.2) is 0 Å². The van der Waals surface area contributed by atoms with E-state index in [1.54, 1.807) is 7.11 Å². The van der Waals surface area contributed by atoms with Gasteiger partial charge in [-0.15, -0.1) is 0 Å². The first-order valence-corrected chi connectivity index (χ1v) is 7.68. The molecule has 0 unspecified atom stereocenters. The Hall–Kier alpha value is -0.120. The average molecular weight is 268 g/mol. The molecule has 0 aromatic carbocycles. The minimum Gasteiger partial charge on any atom is -0.393 e. The molecule has 19 heavy (non-hydrogen) atoms. The summed E-state index contributed by atoms with van der Waals surface area (Å²) in [5.41, 5.74) is 0.592. The summed E-state index contributed by atoms with van der Waals surface area (Å²) < 4.78 is 11.3. The first-order valence-electron chi connectivity index (χ1n) is 7.68. The third-order valence-electron chi connectivity index (χ3n) is 6.76. The standard InChI is InChI=1S/C16H28O3/c1-11-12(17)8-14(2)9-15(3)6-5-7-16(11,15)13(14)19-10-18-4/h11-13,17H,5-10H2,1-4H3/t11-,12-,13-,14+,15+,16+/m1/s1. The van der Waals surface area contributed by atoms with Gasteiger partial charge in [0.1, 0.15) is 6.79 Å². The molecule has 3 aliphatic rings. The van der Waals surface area contributed by atoms with Crippen molar-refractivity contribution >= 4 is 0 Å². The van der Waals surface area contributed by atoms with Crippen molar-refractivity contribution in [3.8, 4) is 0 Å². The lowest BCUT2D eigenvalue weighted by molar-refractivity contribution is -0.204. The third-order valence-corrected chi connectivity index (χ3v) is 6.76. The van der Waals surface area contributed by atoms with Crippen molar-refractivity contribution < 1.29 is 14.6 Å². The zero-order valence-corrected chi connectivity index (χ0v) is 12.7. The molecular formula is C16H28O3. The molecule has 0 aromatic heterocycles. The molecule has 3 saturated carbocycles. The summed E-state index contributed by atoms with van der Waals surface area (Å²) in [6.07, 6.45) is 5.89. The van der Waals surface area contributed by atoms with Gasteiger partial charge in [-0.3, -0.25) is 0 Å². The molecule has 0 heterocycles. The van der Waals surface area contributed by atoms with Crippen molar-refractivity contribution in [1.82, 2.24) is 0 Å². The highest BCUT2D eigenvalue weighted by Gasteiger charge is 2.73. The van der Waals surface area contributed by atoms with Gasteiger partial charge in [0, 0.05) is 12.5 Å². The fourth-order valence-corrected chi connectivity index (χ4v) is 6.29. The SMILES string of the molecule is COCO[C@@H]1[C@@]2(C)C[C@@H](O)[C@@H](C)[C@@]13CCC[C@@]3(C)C2. The smallest absolute Gasteiger partial charge is 0.146 e. The van der Waals surface area contributed by atoms with Crippen molar-refractivity contribution in [3.05, 3.63) is 0 Å². The lowest BCUT2D eigenvalue weighted by Gasteiger charge is -2.53. The van der Waals surface area contributed by atoms with Crippen LogP contribution in [0, 0.1) is 22.2 Å². The summed E-state index contributed by atoms with van der Waals surface area (Å²) in [5, 5.41) is 10.5. The van der Waals surface area contributed by atoms with E-state index in [1.807, 2.05) is 0 Å². The predicted octanol–water partition coefficient (Wildman–Crippen LogP) is 2.96. The summed E-state index contributed by atoms with van der Waals surface area (Å²) in [5.74, 6) is 0.331. The summed E-state index contributed by atoms with van der Waals surface area (Å²) in [6, 6.07) is 0. The maximum Gasteiger partial charge on any atom is 0.146 e. The van der Waals surface area contributed by atoms with Crippen molar-refractivity contribution in [2.75, 3.05) is 13.9 Å². The number of aliphatic hydroxyl groups excluding tert-OH is 1. The highest BCUT2D eigenvalue weighted by atomic mass is 16.7. The Labute approximate surface area is 116 Å². The van der Waals surface area contributed by atoms with Crippen molar-refractivity contribution in [2.45, 2.75) is 65.1 Å². The van der Waals surface area contributed by atoms with E-state index < -0.39 is 0 Å². The van der Waals surface area contributed by atoms with E-state index in [1.165, 1.54) is 25.7 Å². The molecule has 0 amide bonds. The fraction of sp³-hybridized carbons (Fsp3) is 1.00. The molecule has 3 fully saturated rings. The number of fused-ring (bicyclic) bond motifs is 1. The molecule has 2 bridgehead atoms. The van der Waals surface area contributed by atoms with Gasteiger partial charge in [-0.1, -0.05) is 27.2 Å². The summed E-state index contributed by atoms with van der Waals surface area (Å²) in [7, 11) is 1.69. The van der Waals surface area contributed by atoms with E-state index in [0.717, 1.165) is 6.42 Å². The molecule has 0 saturated heterocycles. The second-order valence-corrected chi connectivity index (χ2v) is 7.80. The van der Waals surface area contributed by atoms with E-state index in [9.17, 15) is 5.11 Å². The average Bonchev–Trinajstić information content (AvgIpc) is 2.70. The summed E-state index contributed by atoms with van der Waals surface area (Å²) in [6.45, 7) is 7.36. The van der Waals surface area contributed by atoms with Crippen molar-refractivity contribution in [2.24, 2.45) is 22.2 Å². The van der Waals surface area contributed by atoms with E-state index in [-0.39, 0.29) is 23.0 Å². The Kier molecular flexibility index (Phi) is 3.05. The monoisotopic (exact) mass is 268 g/mol. The molecule has 3 nitrogen and oxygen atoms in total. The quantitative estimate of drug-likeness (QED) is 0.800. The molecule has 0 radical (unpaired) electrons. The molecule has 110 valence electrons. The number of methoxy groups -OCH3 is 1. The molecule has 3 rings (SSSR count). The van der Waals surface area contributed by atoms with Crippen molar-refractivity contribution in [3.63, 3.8) is 0 Å².